The number of benzene rings is 1. The molecule has 1 amide bonds. The molecule has 152 valence electrons. The maximum Gasteiger partial charge on any atom is 0.354 e. The number of piperidine rings is 1. The van der Waals surface area contributed by atoms with Crippen molar-refractivity contribution >= 4 is 22.8 Å². The highest BCUT2D eigenvalue weighted by Crippen LogP contribution is 2.30. The van der Waals surface area contributed by atoms with Crippen LogP contribution in [0.4, 0.5) is 0 Å². The molecule has 1 fully saturated rings. The van der Waals surface area contributed by atoms with E-state index in [1.807, 2.05) is 18.2 Å². The number of fused-ring (bicyclic) bond motifs is 1. The summed E-state index contributed by atoms with van der Waals surface area (Å²) in [6, 6.07) is 6.30. The van der Waals surface area contributed by atoms with Crippen LogP contribution in [0.25, 0.3) is 10.9 Å². The van der Waals surface area contributed by atoms with Crippen LogP contribution in [0.1, 0.15) is 49.2 Å². The third-order valence-electron chi connectivity index (χ3n) is 5.40. The summed E-state index contributed by atoms with van der Waals surface area (Å²) in [5, 5.41) is 0.860. The third-order valence-corrected chi connectivity index (χ3v) is 5.40. The molecule has 2 heterocycles. The Morgan fingerprint density at radius 1 is 1.29 bits per heavy atom. The number of methoxy groups -OCH3 is 1. The molecule has 3 N–H and O–H groups in total. The summed E-state index contributed by atoms with van der Waals surface area (Å²) in [4.78, 5) is 28.9. The van der Waals surface area contributed by atoms with E-state index < -0.39 is 11.9 Å². The van der Waals surface area contributed by atoms with E-state index in [9.17, 15) is 9.59 Å². The largest absolute Gasteiger partial charge is 0.490 e. The van der Waals surface area contributed by atoms with Crippen molar-refractivity contribution < 1.29 is 19.1 Å². The fourth-order valence-electron chi connectivity index (χ4n) is 3.79. The highest BCUT2D eigenvalue weighted by atomic mass is 16.5. The fourth-order valence-corrected chi connectivity index (χ4v) is 3.79. The van der Waals surface area contributed by atoms with E-state index in [1.54, 1.807) is 0 Å². The number of hydrogen-bond donors (Lipinski definition) is 2. The zero-order valence-electron chi connectivity index (χ0n) is 16.8. The lowest BCUT2D eigenvalue weighted by molar-refractivity contribution is -0.117. The van der Waals surface area contributed by atoms with Gasteiger partial charge in [0.05, 0.1) is 7.11 Å². The molecule has 0 spiro atoms. The number of primary amides is 1. The second-order valence-corrected chi connectivity index (χ2v) is 7.59. The van der Waals surface area contributed by atoms with Crippen LogP contribution >= 0.6 is 0 Å². The van der Waals surface area contributed by atoms with Gasteiger partial charge in [0.25, 0.3) is 0 Å². The normalized spacial score (nSPS) is 15.9. The van der Waals surface area contributed by atoms with Crippen LogP contribution in [0, 0.1) is 0 Å². The quantitative estimate of drug-likeness (QED) is 0.712. The number of rotatable bonds is 7. The number of aryl methyl sites for hydroxylation is 1. The molecule has 0 aliphatic carbocycles. The molecule has 1 aliphatic heterocycles. The zero-order valence-corrected chi connectivity index (χ0v) is 16.8. The molecule has 1 aromatic heterocycles. The van der Waals surface area contributed by atoms with Crippen molar-refractivity contribution in [3.8, 4) is 5.75 Å². The number of H-pyrrole nitrogens is 1. The number of nitrogens with two attached hydrogens (primary N) is 1. The van der Waals surface area contributed by atoms with Gasteiger partial charge in [-0.05, 0) is 56.9 Å². The Labute approximate surface area is 165 Å². The second kappa shape index (κ2) is 8.65. The number of nitrogens with one attached hydrogen (secondary N) is 1. The minimum Gasteiger partial charge on any atom is -0.490 e. The van der Waals surface area contributed by atoms with Crippen molar-refractivity contribution in [1.82, 2.24) is 9.88 Å². The molecule has 0 bridgehead atoms. The molecular formula is C21H29N3O4. The summed E-state index contributed by atoms with van der Waals surface area (Å²) in [7, 11) is 1.34. The van der Waals surface area contributed by atoms with Gasteiger partial charge in [-0.15, -0.1) is 0 Å². The molecule has 0 saturated carbocycles. The van der Waals surface area contributed by atoms with E-state index >= 15 is 0 Å². The van der Waals surface area contributed by atoms with E-state index in [0.29, 0.717) is 18.2 Å². The number of aromatic nitrogens is 1. The first-order valence-corrected chi connectivity index (χ1v) is 9.81. The Morgan fingerprint density at radius 3 is 2.61 bits per heavy atom. The average molecular weight is 387 g/mol. The van der Waals surface area contributed by atoms with Gasteiger partial charge in [0, 0.05) is 36.5 Å². The second-order valence-electron chi connectivity index (χ2n) is 7.59. The SMILES string of the molecule is COC(=O)c1[nH]c2ccc(OC3CCN(C(C)C)CC3)cc2c1CCC(N)=O. The lowest BCUT2D eigenvalue weighted by atomic mass is 10.0. The number of hydrogen-bond acceptors (Lipinski definition) is 5. The van der Waals surface area contributed by atoms with Gasteiger partial charge in [0.15, 0.2) is 0 Å². The van der Waals surface area contributed by atoms with Crippen LogP contribution in [-0.4, -0.2) is 54.1 Å². The van der Waals surface area contributed by atoms with E-state index in [0.717, 1.165) is 48.1 Å². The number of carbonyl (C=O) groups excluding carboxylic acids is 2. The number of likely N-dealkylation sites (tertiary alicyclic amines) is 1. The molecule has 7 nitrogen and oxygen atoms in total. The maximum atomic E-state index is 12.1. The van der Waals surface area contributed by atoms with E-state index in [2.05, 4.69) is 23.7 Å². The van der Waals surface area contributed by atoms with Crippen LogP contribution < -0.4 is 10.5 Å². The van der Waals surface area contributed by atoms with Crippen LogP contribution in [0.15, 0.2) is 18.2 Å². The Bertz CT molecular complexity index is 851. The third kappa shape index (κ3) is 4.47. The summed E-state index contributed by atoms with van der Waals surface area (Å²) in [5.74, 6) is -0.0973. The first kappa shape index (κ1) is 20.2. The van der Waals surface area contributed by atoms with Crippen molar-refractivity contribution in [2.45, 2.75) is 51.7 Å². The zero-order chi connectivity index (χ0) is 20.3. The number of amides is 1. The highest BCUT2D eigenvalue weighted by Gasteiger charge is 2.23. The Balaban J connectivity index is 1.82. The summed E-state index contributed by atoms with van der Waals surface area (Å²) >= 11 is 0. The molecule has 2 aromatic rings. The lowest BCUT2D eigenvalue weighted by Crippen LogP contribution is -2.41. The van der Waals surface area contributed by atoms with Crippen molar-refractivity contribution in [2.24, 2.45) is 5.73 Å². The minimum absolute atomic E-state index is 0.162. The molecule has 1 aromatic carbocycles. The molecule has 28 heavy (non-hydrogen) atoms. The van der Waals surface area contributed by atoms with Crippen molar-refractivity contribution in [1.29, 1.82) is 0 Å². The van der Waals surface area contributed by atoms with Crippen LogP contribution in [0.3, 0.4) is 0 Å². The molecular weight excluding hydrogens is 358 g/mol. The molecule has 1 aliphatic rings. The van der Waals surface area contributed by atoms with Gasteiger partial charge in [0.1, 0.15) is 17.5 Å². The predicted molar refractivity (Wildman–Crippen MR) is 108 cm³/mol. The van der Waals surface area contributed by atoms with Crippen LogP contribution in [0.5, 0.6) is 5.75 Å². The Morgan fingerprint density at radius 2 is 2.00 bits per heavy atom. The van der Waals surface area contributed by atoms with E-state index in [1.165, 1.54) is 7.11 Å². The smallest absolute Gasteiger partial charge is 0.354 e. The Kier molecular flexibility index (Phi) is 6.24. The minimum atomic E-state index is -0.459. The topological polar surface area (TPSA) is 97.7 Å². The van der Waals surface area contributed by atoms with Gasteiger partial charge in [0.2, 0.25) is 5.91 Å². The van der Waals surface area contributed by atoms with Crippen LogP contribution in [0.2, 0.25) is 0 Å². The molecule has 0 radical (unpaired) electrons. The number of ether oxygens (including phenoxy) is 2. The lowest BCUT2D eigenvalue weighted by Gasteiger charge is -2.34. The summed E-state index contributed by atoms with van der Waals surface area (Å²) < 4.78 is 11.1. The summed E-state index contributed by atoms with van der Waals surface area (Å²) in [6.07, 6.45) is 2.70. The number of carbonyl (C=O) groups is 2. The van der Waals surface area contributed by atoms with Gasteiger partial charge in [-0.2, -0.15) is 0 Å². The molecule has 3 rings (SSSR count). The molecule has 0 unspecified atom stereocenters. The Hall–Kier alpha value is -2.54. The number of esters is 1. The molecule has 7 heteroatoms. The average Bonchev–Trinajstić information content (AvgIpc) is 3.04. The fraction of sp³-hybridized carbons (Fsp3) is 0.524. The molecule has 0 atom stereocenters. The van der Waals surface area contributed by atoms with Gasteiger partial charge >= 0.3 is 5.97 Å². The van der Waals surface area contributed by atoms with E-state index in [-0.39, 0.29) is 12.5 Å². The summed E-state index contributed by atoms with van der Waals surface area (Å²) in [6.45, 7) is 6.50. The van der Waals surface area contributed by atoms with Gasteiger partial charge in [-0.3, -0.25) is 4.79 Å². The van der Waals surface area contributed by atoms with Crippen molar-refractivity contribution in [3.63, 3.8) is 0 Å². The predicted octanol–water partition coefficient (Wildman–Crippen LogP) is 2.62. The molecule has 1 saturated heterocycles. The maximum absolute atomic E-state index is 12.1. The van der Waals surface area contributed by atoms with Gasteiger partial charge in [-0.1, -0.05) is 0 Å². The summed E-state index contributed by atoms with van der Waals surface area (Å²) in [5.41, 5.74) is 7.21. The number of aromatic amines is 1. The highest BCUT2D eigenvalue weighted by molar-refractivity contribution is 5.99. The van der Waals surface area contributed by atoms with Crippen molar-refractivity contribution in [2.75, 3.05) is 20.2 Å². The van der Waals surface area contributed by atoms with Gasteiger partial charge in [-0.25, -0.2) is 4.79 Å². The first-order valence-electron chi connectivity index (χ1n) is 9.81. The van der Waals surface area contributed by atoms with Crippen LogP contribution in [-0.2, 0) is 16.0 Å². The monoisotopic (exact) mass is 387 g/mol. The number of nitrogens with zero attached hydrogens (tertiary/aromatic N) is 1. The van der Waals surface area contributed by atoms with E-state index in [4.69, 9.17) is 15.2 Å². The first-order chi connectivity index (χ1) is 13.4. The standard InChI is InChI=1S/C21H29N3O4/c1-13(2)24-10-8-14(9-11-24)28-15-4-6-18-17(12-15)16(5-7-19(22)25)20(23-18)21(26)27-3/h4,6,12-14,23H,5,7-11H2,1-3H3,(H2,22,25). The van der Waals surface area contributed by atoms with Crippen molar-refractivity contribution in [3.05, 3.63) is 29.5 Å². The van der Waals surface area contributed by atoms with Gasteiger partial charge < -0.3 is 25.1 Å².